The van der Waals surface area contributed by atoms with Gasteiger partial charge in [0.1, 0.15) is 0 Å². The van der Waals surface area contributed by atoms with Crippen molar-refractivity contribution in [2.45, 2.75) is 71.0 Å². The minimum atomic E-state index is 0.468. The average molecular weight is 224 g/mol. The molecule has 2 nitrogen and oxygen atoms in total. The van der Waals surface area contributed by atoms with Crippen molar-refractivity contribution in [2.24, 2.45) is 5.92 Å². The van der Waals surface area contributed by atoms with Crippen molar-refractivity contribution < 1.29 is 0 Å². The Morgan fingerprint density at radius 1 is 1.19 bits per heavy atom. The van der Waals surface area contributed by atoms with Crippen molar-refractivity contribution >= 4 is 0 Å². The van der Waals surface area contributed by atoms with Crippen LogP contribution in [0.25, 0.3) is 0 Å². The summed E-state index contributed by atoms with van der Waals surface area (Å²) >= 11 is 0. The van der Waals surface area contributed by atoms with E-state index in [-0.39, 0.29) is 0 Å². The fourth-order valence-corrected chi connectivity index (χ4v) is 3.36. The van der Waals surface area contributed by atoms with Crippen LogP contribution in [0.5, 0.6) is 0 Å². The molecule has 2 atom stereocenters. The smallest absolute Gasteiger partial charge is 0.0309 e. The van der Waals surface area contributed by atoms with Gasteiger partial charge in [0, 0.05) is 30.7 Å². The predicted octanol–water partition coefficient (Wildman–Crippen LogP) is 2.64. The lowest BCUT2D eigenvalue weighted by atomic mass is 9.90. The summed E-state index contributed by atoms with van der Waals surface area (Å²) in [7, 11) is 0. The van der Waals surface area contributed by atoms with E-state index in [1.807, 2.05) is 0 Å². The van der Waals surface area contributed by atoms with Gasteiger partial charge in [-0.3, -0.25) is 4.90 Å². The largest absolute Gasteiger partial charge is 0.308 e. The van der Waals surface area contributed by atoms with Gasteiger partial charge in [-0.1, -0.05) is 26.7 Å². The lowest BCUT2D eigenvalue weighted by Crippen LogP contribution is -2.64. The fraction of sp³-hybridized carbons (Fsp3) is 1.00. The molecule has 1 N–H and O–H groups in total. The first-order chi connectivity index (χ1) is 7.54. The Kier molecular flexibility index (Phi) is 3.60. The van der Waals surface area contributed by atoms with Crippen molar-refractivity contribution in [1.29, 1.82) is 0 Å². The Morgan fingerprint density at radius 2 is 1.81 bits per heavy atom. The molecule has 0 aromatic carbocycles. The van der Waals surface area contributed by atoms with Crippen LogP contribution in [0.15, 0.2) is 0 Å². The number of piperazine rings is 1. The van der Waals surface area contributed by atoms with Gasteiger partial charge in [0.25, 0.3) is 0 Å². The molecule has 1 saturated heterocycles. The molecular weight excluding hydrogens is 196 g/mol. The van der Waals surface area contributed by atoms with Crippen molar-refractivity contribution in [3.63, 3.8) is 0 Å². The van der Waals surface area contributed by atoms with Gasteiger partial charge in [0.2, 0.25) is 0 Å². The monoisotopic (exact) mass is 224 g/mol. The summed E-state index contributed by atoms with van der Waals surface area (Å²) < 4.78 is 0. The molecule has 1 aliphatic heterocycles. The maximum absolute atomic E-state index is 3.83. The minimum Gasteiger partial charge on any atom is -0.308 e. The lowest BCUT2D eigenvalue weighted by Gasteiger charge is -2.48. The number of nitrogens with zero attached hydrogens (tertiary/aromatic N) is 1. The van der Waals surface area contributed by atoms with Crippen molar-refractivity contribution in [3.05, 3.63) is 0 Å². The number of nitrogens with one attached hydrogen (secondary N) is 1. The first-order valence-electron chi connectivity index (χ1n) is 7.05. The molecule has 2 fully saturated rings. The maximum atomic E-state index is 3.83. The van der Waals surface area contributed by atoms with E-state index in [0.717, 1.165) is 12.0 Å². The molecule has 94 valence electrons. The van der Waals surface area contributed by atoms with Gasteiger partial charge >= 0.3 is 0 Å². The van der Waals surface area contributed by atoms with Crippen molar-refractivity contribution in [3.8, 4) is 0 Å². The second-order valence-corrected chi connectivity index (χ2v) is 6.37. The Bertz CT molecular complexity index is 231. The Labute approximate surface area is 101 Å². The summed E-state index contributed by atoms with van der Waals surface area (Å²) in [5.41, 5.74) is 0.468. The summed E-state index contributed by atoms with van der Waals surface area (Å²) in [6, 6.07) is 1.41. The predicted molar refractivity (Wildman–Crippen MR) is 69.7 cm³/mol. The minimum absolute atomic E-state index is 0.468. The molecule has 1 aliphatic carbocycles. The number of hydrogen-bond donors (Lipinski definition) is 1. The molecule has 1 saturated carbocycles. The molecule has 0 amide bonds. The molecule has 1 heterocycles. The summed E-state index contributed by atoms with van der Waals surface area (Å²) in [6.45, 7) is 11.9. The highest BCUT2D eigenvalue weighted by atomic mass is 15.3. The molecular formula is C14H28N2. The standard InChI is InChI=1S/C14H28N2/c1-11(2)13(4)16-10-14(7-5-6-8-14)15-9-12(16)3/h11-13,15H,5-10H2,1-4H3. The van der Waals surface area contributed by atoms with Crippen LogP contribution in [-0.4, -0.2) is 35.6 Å². The lowest BCUT2D eigenvalue weighted by molar-refractivity contribution is 0.0399. The second-order valence-electron chi connectivity index (χ2n) is 6.37. The van der Waals surface area contributed by atoms with Gasteiger partial charge in [0.15, 0.2) is 0 Å². The van der Waals surface area contributed by atoms with E-state index < -0.39 is 0 Å². The molecule has 0 aromatic heterocycles. The van der Waals surface area contributed by atoms with E-state index in [9.17, 15) is 0 Å². The quantitative estimate of drug-likeness (QED) is 0.776. The van der Waals surface area contributed by atoms with Crippen LogP contribution in [0.2, 0.25) is 0 Å². The Morgan fingerprint density at radius 3 is 2.38 bits per heavy atom. The van der Waals surface area contributed by atoms with Crippen LogP contribution in [0.4, 0.5) is 0 Å². The fourth-order valence-electron chi connectivity index (χ4n) is 3.36. The third-order valence-electron chi connectivity index (χ3n) is 4.87. The summed E-state index contributed by atoms with van der Waals surface area (Å²) in [5, 5.41) is 3.83. The van der Waals surface area contributed by atoms with Gasteiger partial charge in [0.05, 0.1) is 0 Å². The van der Waals surface area contributed by atoms with E-state index >= 15 is 0 Å². The molecule has 0 aromatic rings. The summed E-state index contributed by atoms with van der Waals surface area (Å²) in [4.78, 5) is 2.74. The third-order valence-corrected chi connectivity index (χ3v) is 4.87. The molecule has 2 heteroatoms. The van der Waals surface area contributed by atoms with Crippen LogP contribution in [-0.2, 0) is 0 Å². The van der Waals surface area contributed by atoms with E-state index in [1.165, 1.54) is 38.8 Å². The molecule has 2 rings (SSSR count). The highest BCUT2D eigenvalue weighted by Crippen LogP contribution is 2.34. The van der Waals surface area contributed by atoms with Crippen LogP contribution in [0.1, 0.15) is 53.4 Å². The first-order valence-corrected chi connectivity index (χ1v) is 7.05. The zero-order valence-corrected chi connectivity index (χ0v) is 11.4. The highest BCUT2D eigenvalue weighted by molar-refractivity contribution is 5.01. The first kappa shape index (κ1) is 12.4. The van der Waals surface area contributed by atoms with Crippen molar-refractivity contribution in [1.82, 2.24) is 10.2 Å². The van der Waals surface area contributed by atoms with Crippen LogP contribution >= 0.6 is 0 Å². The van der Waals surface area contributed by atoms with Gasteiger partial charge < -0.3 is 5.32 Å². The van der Waals surface area contributed by atoms with E-state index in [1.54, 1.807) is 0 Å². The number of rotatable bonds is 2. The van der Waals surface area contributed by atoms with E-state index in [0.29, 0.717) is 11.6 Å². The second kappa shape index (κ2) is 4.66. The maximum Gasteiger partial charge on any atom is 0.0309 e. The van der Waals surface area contributed by atoms with Gasteiger partial charge in [-0.25, -0.2) is 0 Å². The zero-order valence-electron chi connectivity index (χ0n) is 11.4. The van der Waals surface area contributed by atoms with E-state index in [4.69, 9.17) is 0 Å². The Hall–Kier alpha value is -0.0800. The van der Waals surface area contributed by atoms with E-state index in [2.05, 4.69) is 37.9 Å². The van der Waals surface area contributed by atoms with Gasteiger partial charge in [-0.2, -0.15) is 0 Å². The molecule has 2 aliphatic rings. The Balaban J connectivity index is 2.05. The van der Waals surface area contributed by atoms with Crippen LogP contribution in [0.3, 0.4) is 0 Å². The number of hydrogen-bond acceptors (Lipinski definition) is 2. The highest BCUT2D eigenvalue weighted by Gasteiger charge is 2.41. The van der Waals surface area contributed by atoms with Crippen LogP contribution in [0, 0.1) is 5.92 Å². The molecule has 2 unspecified atom stereocenters. The topological polar surface area (TPSA) is 15.3 Å². The SMILES string of the molecule is CC(C)C(C)N1CC2(CCCC2)NCC1C. The molecule has 1 spiro atoms. The summed E-state index contributed by atoms with van der Waals surface area (Å²) in [6.07, 6.45) is 5.62. The molecule has 16 heavy (non-hydrogen) atoms. The van der Waals surface area contributed by atoms with Gasteiger partial charge in [-0.05, 0) is 32.6 Å². The normalized spacial score (nSPS) is 32.4. The zero-order chi connectivity index (χ0) is 11.8. The van der Waals surface area contributed by atoms with Gasteiger partial charge in [-0.15, -0.1) is 0 Å². The molecule has 0 radical (unpaired) electrons. The molecule has 0 bridgehead atoms. The third kappa shape index (κ3) is 2.28. The van der Waals surface area contributed by atoms with Crippen LogP contribution < -0.4 is 5.32 Å². The van der Waals surface area contributed by atoms with Crippen molar-refractivity contribution in [2.75, 3.05) is 13.1 Å². The summed E-state index contributed by atoms with van der Waals surface area (Å²) in [5.74, 6) is 0.763. The average Bonchev–Trinajstić information content (AvgIpc) is 2.70.